The van der Waals surface area contributed by atoms with Gasteiger partial charge in [-0.3, -0.25) is 4.98 Å². The Morgan fingerprint density at radius 3 is 2.31 bits per heavy atom. The van der Waals surface area contributed by atoms with E-state index in [-0.39, 0.29) is 12.5 Å². The molecule has 0 N–H and O–H groups in total. The van der Waals surface area contributed by atoms with Crippen molar-refractivity contribution in [2.75, 3.05) is 0 Å². The van der Waals surface area contributed by atoms with Crippen LogP contribution in [-0.2, 0) is 12.8 Å². The zero-order valence-electron chi connectivity index (χ0n) is 16.5. The van der Waals surface area contributed by atoms with Crippen LogP contribution in [0.5, 0.6) is 17.4 Å². The van der Waals surface area contributed by atoms with Gasteiger partial charge in [-0.1, -0.05) is 18.2 Å². The molecule has 0 radical (unpaired) electrons. The molecule has 4 nitrogen and oxygen atoms in total. The molecule has 0 fully saturated rings. The van der Waals surface area contributed by atoms with Gasteiger partial charge in [-0.25, -0.2) is 9.37 Å². The first kappa shape index (κ1) is 21.3. The first-order chi connectivity index (χ1) is 15.4. The summed E-state index contributed by atoms with van der Waals surface area (Å²) in [5, 5.41) is 0. The van der Waals surface area contributed by atoms with Crippen molar-refractivity contribution in [3.05, 3.63) is 102 Å². The third-order valence-electron chi connectivity index (χ3n) is 4.49. The van der Waals surface area contributed by atoms with E-state index in [0.29, 0.717) is 22.8 Å². The lowest BCUT2D eigenvalue weighted by molar-refractivity contribution is -0.137. The molecule has 4 aromatic rings. The van der Waals surface area contributed by atoms with Crippen LogP contribution in [0.2, 0.25) is 0 Å². The summed E-state index contributed by atoms with van der Waals surface area (Å²) in [6, 6.07) is 18.5. The van der Waals surface area contributed by atoms with Crippen LogP contribution in [0, 0.1) is 5.82 Å². The van der Waals surface area contributed by atoms with Crippen LogP contribution in [0.3, 0.4) is 0 Å². The predicted octanol–water partition coefficient (Wildman–Crippen LogP) is 6.67. The van der Waals surface area contributed by atoms with E-state index in [2.05, 4.69) is 9.97 Å². The quantitative estimate of drug-likeness (QED) is 0.314. The number of aromatic nitrogens is 2. The number of halogens is 4. The highest BCUT2D eigenvalue weighted by atomic mass is 19.4. The van der Waals surface area contributed by atoms with Gasteiger partial charge in [0.1, 0.15) is 23.9 Å². The molecule has 2 aromatic heterocycles. The van der Waals surface area contributed by atoms with Crippen molar-refractivity contribution in [2.24, 2.45) is 0 Å². The standard InChI is InChI=1S/C24H16F4N2O2/c25-18-7-10-22(20(13-18)21-3-1-2-12-29-21)31-15-16-4-8-19(9-5-16)32-23-11-6-17(14-30-23)24(26,27)28/h1-14H,15H2. The van der Waals surface area contributed by atoms with Gasteiger partial charge >= 0.3 is 6.18 Å². The van der Waals surface area contributed by atoms with Crippen LogP contribution in [0.25, 0.3) is 11.3 Å². The van der Waals surface area contributed by atoms with Crippen molar-refractivity contribution in [2.45, 2.75) is 12.8 Å². The van der Waals surface area contributed by atoms with Crippen molar-refractivity contribution in [1.29, 1.82) is 0 Å². The van der Waals surface area contributed by atoms with E-state index >= 15 is 0 Å². The lowest BCUT2D eigenvalue weighted by Crippen LogP contribution is -2.05. The highest BCUT2D eigenvalue weighted by Crippen LogP contribution is 2.31. The molecule has 0 aliphatic heterocycles. The molecule has 0 atom stereocenters. The average molecular weight is 440 g/mol. The minimum atomic E-state index is -4.45. The third kappa shape index (κ3) is 5.21. The highest BCUT2D eigenvalue weighted by molar-refractivity contribution is 5.67. The van der Waals surface area contributed by atoms with E-state index in [4.69, 9.17) is 9.47 Å². The zero-order valence-corrected chi connectivity index (χ0v) is 16.5. The van der Waals surface area contributed by atoms with E-state index in [1.165, 1.54) is 12.1 Å². The summed E-state index contributed by atoms with van der Waals surface area (Å²) in [6.45, 7) is 0.213. The molecule has 0 saturated carbocycles. The Morgan fingerprint density at radius 1 is 0.844 bits per heavy atom. The van der Waals surface area contributed by atoms with Gasteiger partial charge in [0, 0.05) is 24.0 Å². The van der Waals surface area contributed by atoms with Crippen LogP contribution in [0.4, 0.5) is 17.6 Å². The maximum Gasteiger partial charge on any atom is 0.417 e. The number of pyridine rings is 2. The summed E-state index contributed by atoms with van der Waals surface area (Å²) in [5.41, 5.74) is 1.10. The number of nitrogens with zero attached hydrogens (tertiary/aromatic N) is 2. The smallest absolute Gasteiger partial charge is 0.417 e. The molecular weight excluding hydrogens is 424 g/mol. The Labute approximate surface area is 181 Å². The molecule has 0 bridgehead atoms. The summed E-state index contributed by atoms with van der Waals surface area (Å²) in [7, 11) is 0. The lowest BCUT2D eigenvalue weighted by atomic mass is 10.1. The second-order valence-corrected chi connectivity index (χ2v) is 6.77. The highest BCUT2D eigenvalue weighted by Gasteiger charge is 2.30. The molecule has 0 aliphatic carbocycles. The average Bonchev–Trinajstić information content (AvgIpc) is 2.79. The van der Waals surface area contributed by atoms with Crippen molar-refractivity contribution < 1.29 is 27.0 Å². The molecule has 4 rings (SSSR count). The minimum absolute atomic E-state index is 0.0494. The van der Waals surface area contributed by atoms with Gasteiger partial charge in [-0.05, 0) is 54.1 Å². The fraction of sp³-hybridized carbons (Fsp3) is 0.0833. The van der Waals surface area contributed by atoms with Gasteiger partial charge in [0.25, 0.3) is 0 Å². The summed E-state index contributed by atoms with van der Waals surface area (Å²) in [5.74, 6) is 0.557. The first-order valence-electron chi connectivity index (χ1n) is 9.52. The predicted molar refractivity (Wildman–Crippen MR) is 110 cm³/mol. The van der Waals surface area contributed by atoms with Gasteiger partial charge in [-0.2, -0.15) is 13.2 Å². The lowest BCUT2D eigenvalue weighted by Gasteiger charge is -2.12. The maximum absolute atomic E-state index is 13.7. The maximum atomic E-state index is 13.7. The molecule has 0 amide bonds. The van der Waals surface area contributed by atoms with Crippen molar-refractivity contribution in [3.63, 3.8) is 0 Å². The van der Waals surface area contributed by atoms with E-state index in [9.17, 15) is 17.6 Å². The van der Waals surface area contributed by atoms with Gasteiger partial charge in [0.2, 0.25) is 5.88 Å². The third-order valence-corrected chi connectivity index (χ3v) is 4.49. The van der Waals surface area contributed by atoms with E-state index < -0.39 is 17.6 Å². The molecule has 2 heterocycles. The zero-order chi connectivity index (χ0) is 22.6. The van der Waals surface area contributed by atoms with Crippen LogP contribution >= 0.6 is 0 Å². The fourth-order valence-electron chi connectivity index (χ4n) is 2.89. The van der Waals surface area contributed by atoms with Crippen LogP contribution < -0.4 is 9.47 Å². The number of hydrogen-bond acceptors (Lipinski definition) is 4. The van der Waals surface area contributed by atoms with E-state index in [0.717, 1.165) is 23.9 Å². The Morgan fingerprint density at radius 2 is 1.66 bits per heavy atom. The van der Waals surface area contributed by atoms with Crippen molar-refractivity contribution in [1.82, 2.24) is 9.97 Å². The minimum Gasteiger partial charge on any atom is -0.488 e. The summed E-state index contributed by atoms with van der Waals surface area (Å²) >= 11 is 0. The van der Waals surface area contributed by atoms with Crippen LogP contribution in [-0.4, -0.2) is 9.97 Å². The monoisotopic (exact) mass is 440 g/mol. The number of alkyl halides is 3. The molecule has 32 heavy (non-hydrogen) atoms. The molecule has 162 valence electrons. The van der Waals surface area contributed by atoms with Gasteiger partial charge in [0.15, 0.2) is 0 Å². The largest absolute Gasteiger partial charge is 0.488 e. The van der Waals surface area contributed by atoms with Crippen molar-refractivity contribution >= 4 is 0 Å². The summed E-state index contributed by atoms with van der Waals surface area (Å²) in [4.78, 5) is 7.93. The van der Waals surface area contributed by atoms with Gasteiger partial charge in [-0.15, -0.1) is 0 Å². The summed E-state index contributed by atoms with van der Waals surface area (Å²) in [6.07, 6.45) is -2.11. The van der Waals surface area contributed by atoms with Crippen molar-refractivity contribution in [3.8, 4) is 28.6 Å². The Hall–Kier alpha value is -3.94. The topological polar surface area (TPSA) is 44.2 Å². The molecule has 0 unspecified atom stereocenters. The molecule has 0 saturated heterocycles. The van der Waals surface area contributed by atoms with Gasteiger partial charge in [0.05, 0.1) is 11.3 Å². The molecule has 8 heteroatoms. The first-order valence-corrected chi connectivity index (χ1v) is 9.52. The number of benzene rings is 2. The van der Waals surface area contributed by atoms with E-state index in [1.54, 1.807) is 54.7 Å². The second-order valence-electron chi connectivity index (χ2n) is 6.77. The fourth-order valence-corrected chi connectivity index (χ4v) is 2.89. The Balaban J connectivity index is 1.42. The molecule has 2 aromatic carbocycles. The summed E-state index contributed by atoms with van der Waals surface area (Å²) < 4.78 is 62.9. The molecular formula is C24H16F4N2O2. The SMILES string of the molecule is Fc1ccc(OCc2ccc(Oc3ccc(C(F)(F)F)cn3)cc2)c(-c2ccccn2)c1. The van der Waals surface area contributed by atoms with Gasteiger partial charge < -0.3 is 9.47 Å². The Kier molecular flexibility index (Phi) is 6.02. The van der Waals surface area contributed by atoms with E-state index in [1.807, 2.05) is 0 Å². The van der Waals surface area contributed by atoms with Crippen LogP contribution in [0.15, 0.2) is 85.2 Å². The Bertz CT molecular complexity index is 1180. The van der Waals surface area contributed by atoms with Crippen LogP contribution in [0.1, 0.15) is 11.1 Å². The molecule has 0 aliphatic rings. The number of rotatable bonds is 6. The second kappa shape index (κ2) is 9.05. The molecule has 0 spiro atoms. The normalized spacial score (nSPS) is 11.2. The number of ether oxygens (including phenoxy) is 2. The number of hydrogen-bond donors (Lipinski definition) is 0.